The molecule has 1 aromatic heterocycles. The van der Waals surface area contributed by atoms with Gasteiger partial charge in [-0.15, -0.1) is 0 Å². The van der Waals surface area contributed by atoms with Crippen LogP contribution in [-0.2, 0) is 6.54 Å². The van der Waals surface area contributed by atoms with Crippen LogP contribution in [0.1, 0.15) is 24.5 Å². The summed E-state index contributed by atoms with van der Waals surface area (Å²) in [5.41, 5.74) is 1.10. The molecule has 1 aromatic rings. The molecule has 0 radical (unpaired) electrons. The largest absolute Gasteiger partial charge is 0.311 e. The van der Waals surface area contributed by atoms with Crippen LogP contribution in [0.2, 0.25) is 0 Å². The van der Waals surface area contributed by atoms with Crippen LogP contribution in [0.5, 0.6) is 0 Å². The van der Waals surface area contributed by atoms with E-state index in [0.717, 1.165) is 44.2 Å². The molecule has 3 saturated heterocycles. The lowest BCUT2D eigenvalue weighted by Gasteiger charge is -2.46. The van der Waals surface area contributed by atoms with Crippen molar-refractivity contribution in [3.8, 4) is 0 Å². The molecular formula is C13H21N5. The van der Waals surface area contributed by atoms with E-state index in [-0.39, 0.29) is 0 Å². The number of aromatic nitrogens is 2. The Labute approximate surface area is 108 Å². The van der Waals surface area contributed by atoms with E-state index in [0.29, 0.717) is 6.04 Å². The molecule has 0 spiro atoms. The minimum absolute atomic E-state index is 0.397. The minimum atomic E-state index is 0.397. The third-order valence-corrected chi connectivity index (χ3v) is 3.86. The number of piperazine rings is 3. The van der Waals surface area contributed by atoms with E-state index >= 15 is 0 Å². The van der Waals surface area contributed by atoms with Crippen LogP contribution in [0.4, 0.5) is 0 Å². The van der Waals surface area contributed by atoms with Crippen LogP contribution in [0.15, 0.2) is 12.3 Å². The van der Waals surface area contributed by atoms with Crippen LogP contribution in [0, 0.1) is 0 Å². The first-order valence-electron chi connectivity index (χ1n) is 6.86. The molecule has 1 unspecified atom stereocenters. The molecule has 1 N–H and O–H groups in total. The van der Waals surface area contributed by atoms with Gasteiger partial charge in [-0.25, -0.2) is 9.97 Å². The van der Waals surface area contributed by atoms with Crippen molar-refractivity contribution in [2.24, 2.45) is 0 Å². The van der Waals surface area contributed by atoms with Crippen molar-refractivity contribution < 1.29 is 0 Å². The van der Waals surface area contributed by atoms with Crippen molar-refractivity contribution in [3.05, 3.63) is 23.8 Å². The molecule has 5 heteroatoms. The van der Waals surface area contributed by atoms with Crippen molar-refractivity contribution in [2.45, 2.75) is 19.5 Å². The molecule has 0 aliphatic carbocycles. The van der Waals surface area contributed by atoms with Crippen molar-refractivity contribution >= 4 is 0 Å². The van der Waals surface area contributed by atoms with E-state index in [2.05, 4.69) is 27.0 Å². The maximum Gasteiger partial charge on any atom is 0.147 e. The minimum Gasteiger partial charge on any atom is -0.311 e. The molecule has 3 fully saturated rings. The topological polar surface area (TPSA) is 44.3 Å². The van der Waals surface area contributed by atoms with Gasteiger partial charge < -0.3 is 5.32 Å². The van der Waals surface area contributed by atoms with Crippen LogP contribution < -0.4 is 5.32 Å². The fraction of sp³-hybridized carbons (Fsp3) is 0.692. The van der Waals surface area contributed by atoms with Gasteiger partial charge in [-0.3, -0.25) is 9.80 Å². The second kappa shape index (κ2) is 5.30. The second-order valence-electron chi connectivity index (χ2n) is 5.04. The van der Waals surface area contributed by atoms with Gasteiger partial charge in [0.1, 0.15) is 5.82 Å². The Kier molecular flexibility index (Phi) is 3.54. The maximum atomic E-state index is 4.71. The van der Waals surface area contributed by atoms with Gasteiger partial charge in [-0.05, 0) is 12.6 Å². The lowest BCUT2D eigenvalue weighted by atomic mass is 10.1. The van der Waals surface area contributed by atoms with E-state index in [1.165, 1.54) is 13.1 Å². The summed E-state index contributed by atoms with van der Waals surface area (Å²) in [5.74, 6) is 0.995. The molecule has 1 atom stereocenters. The zero-order chi connectivity index (χ0) is 12.4. The van der Waals surface area contributed by atoms with Crippen LogP contribution in [0.3, 0.4) is 0 Å². The van der Waals surface area contributed by atoms with Gasteiger partial charge in [-0.1, -0.05) is 6.92 Å². The Balaban J connectivity index is 1.75. The first kappa shape index (κ1) is 12.0. The third kappa shape index (κ3) is 2.39. The summed E-state index contributed by atoms with van der Waals surface area (Å²) in [6, 6.07) is 2.40. The third-order valence-electron chi connectivity index (χ3n) is 3.86. The Morgan fingerprint density at radius 1 is 1.33 bits per heavy atom. The number of fused-ring (bicyclic) bond motifs is 3. The molecular weight excluding hydrogens is 226 g/mol. The molecule has 0 aromatic carbocycles. The summed E-state index contributed by atoms with van der Waals surface area (Å²) in [5, 5.41) is 3.31. The van der Waals surface area contributed by atoms with E-state index in [4.69, 9.17) is 4.98 Å². The molecule has 3 aliphatic rings. The number of hydrogen-bond donors (Lipinski definition) is 1. The monoisotopic (exact) mass is 247 g/mol. The van der Waals surface area contributed by atoms with Crippen molar-refractivity contribution in [1.29, 1.82) is 0 Å². The lowest BCUT2D eigenvalue weighted by Crippen LogP contribution is -2.57. The summed E-state index contributed by atoms with van der Waals surface area (Å²) in [6.07, 6.45) is 1.90. The molecule has 5 nitrogen and oxygen atoms in total. The van der Waals surface area contributed by atoms with Gasteiger partial charge >= 0.3 is 0 Å². The molecule has 98 valence electrons. The van der Waals surface area contributed by atoms with Crippen LogP contribution >= 0.6 is 0 Å². The van der Waals surface area contributed by atoms with Crippen molar-refractivity contribution in [3.63, 3.8) is 0 Å². The zero-order valence-corrected chi connectivity index (χ0v) is 11.0. The normalized spacial score (nSPS) is 30.6. The number of nitrogens with zero attached hydrogens (tertiary/aromatic N) is 4. The first-order valence-corrected chi connectivity index (χ1v) is 6.86. The van der Waals surface area contributed by atoms with E-state index in [1.54, 1.807) is 0 Å². The molecule has 4 rings (SSSR count). The predicted molar refractivity (Wildman–Crippen MR) is 70.2 cm³/mol. The fourth-order valence-electron chi connectivity index (χ4n) is 2.79. The van der Waals surface area contributed by atoms with Gasteiger partial charge in [-0.2, -0.15) is 0 Å². The van der Waals surface area contributed by atoms with Crippen molar-refractivity contribution in [1.82, 2.24) is 25.1 Å². The Hall–Kier alpha value is -1.04. The van der Waals surface area contributed by atoms with Gasteiger partial charge in [0.2, 0.25) is 0 Å². The Morgan fingerprint density at radius 3 is 2.83 bits per heavy atom. The highest BCUT2D eigenvalue weighted by atomic mass is 15.4. The quantitative estimate of drug-likeness (QED) is 0.827. The first-order chi connectivity index (χ1) is 8.86. The fourth-order valence-corrected chi connectivity index (χ4v) is 2.79. The molecule has 0 amide bonds. The summed E-state index contributed by atoms with van der Waals surface area (Å²) >= 11 is 0. The highest BCUT2D eigenvalue weighted by molar-refractivity contribution is 5.08. The molecule has 18 heavy (non-hydrogen) atoms. The lowest BCUT2D eigenvalue weighted by molar-refractivity contribution is 0.00855. The van der Waals surface area contributed by atoms with Gasteiger partial charge in [0.05, 0.1) is 11.7 Å². The zero-order valence-electron chi connectivity index (χ0n) is 11.0. The summed E-state index contributed by atoms with van der Waals surface area (Å²) in [7, 11) is 0. The summed E-state index contributed by atoms with van der Waals surface area (Å²) < 4.78 is 0. The molecule has 3 aliphatic heterocycles. The summed E-state index contributed by atoms with van der Waals surface area (Å²) in [4.78, 5) is 14.2. The standard InChI is InChI=1S/C13H21N5/c1-2-14-9-11-3-4-15-13(16-11)12-10-17-5-7-18(12)8-6-17/h3-4,12,14H,2,5-10H2,1H3. The highest BCUT2D eigenvalue weighted by Crippen LogP contribution is 2.26. The smallest absolute Gasteiger partial charge is 0.147 e. The Morgan fingerprint density at radius 2 is 2.17 bits per heavy atom. The maximum absolute atomic E-state index is 4.71. The van der Waals surface area contributed by atoms with E-state index < -0.39 is 0 Å². The SMILES string of the molecule is CCNCc1ccnc(C2CN3CCN2CC3)n1. The highest BCUT2D eigenvalue weighted by Gasteiger charge is 2.34. The Bertz CT molecular complexity index is 400. The number of nitrogens with one attached hydrogen (secondary N) is 1. The van der Waals surface area contributed by atoms with Crippen LogP contribution in [-0.4, -0.2) is 59.0 Å². The average molecular weight is 247 g/mol. The molecule has 2 bridgehead atoms. The van der Waals surface area contributed by atoms with Crippen molar-refractivity contribution in [2.75, 3.05) is 39.3 Å². The van der Waals surface area contributed by atoms with Gasteiger partial charge in [0, 0.05) is 45.5 Å². The number of hydrogen-bond acceptors (Lipinski definition) is 5. The predicted octanol–water partition coefficient (Wildman–Crippen LogP) is 0.258. The molecule has 4 heterocycles. The summed E-state index contributed by atoms with van der Waals surface area (Å²) in [6.45, 7) is 9.73. The van der Waals surface area contributed by atoms with E-state index in [1.807, 2.05) is 12.3 Å². The van der Waals surface area contributed by atoms with Crippen LogP contribution in [0.25, 0.3) is 0 Å². The van der Waals surface area contributed by atoms with Gasteiger partial charge in [0.15, 0.2) is 0 Å². The number of rotatable bonds is 4. The second-order valence-corrected chi connectivity index (χ2v) is 5.04. The van der Waals surface area contributed by atoms with E-state index in [9.17, 15) is 0 Å². The molecule has 0 saturated carbocycles. The van der Waals surface area contributed by atoms with Gasteiger partial charge in [0.25, 0.3) is 0 Å². The average Bonchev–Trinajstić information content (AvgIpc) is 2.46.